The molecule has 1 aliphatic heterocycles. The van der Waals surface area contributed by atoms with Crippen LogP contribution in [0.5, 0.6) is 11.5 Å². The SMILES string of the molecule is COc1ccc(-c2nn([C@H](C)C(=O)N3C[C@@H](C)O[C@H](C)C3)c(=O)cc2OC)cc1. The van der Waals surface area contributed by atoms with E-state index in [0.29, 0.717) is 30.3 Å². The van der Waals surface area contributed by atoms with Gasteiger partial charge in [-0.05, 0) is 45.0 Å². The molecule has 1 fully saturated rings. The molecule has 156 valence electrons. The quantitative estimate of drug-likeness (QED) is 0.763. The van der Waals surface area contributed by atoms with E-state index in [9.17, 15) is 9.59 Å². The summed E-state index contributed by atoms with van der Waals surface area (Å²) in [6.45, 7) is 6.53. The van der Waals surface area contributed by atoms with Gasteiger partial charge in [-0.3, -0.25) is 9.59 Å². The molecular weight excluding hydrogens is 374 g/mol. The Labute approximate surface area is 170 Å². The molecule has 2 aromatic rings. The van der Waals surface area contributed by atoms with Crippen molar-refractivity contribution in [1.29, 1.82) is 0 Å². The first-order valence-electron chi connectivity index (χ1n) is 9.60. The molecule has 3 atom stereocenters. The highest BCUT2D eigenvalue weighted by Crippen LogP contribution is 2.28. The Hall–Kier alpha value is -2.87. The maximum absolute atomic E-state index is 13.1. The van der Waals surface area contributed by atoms with E-state index in [1.165, 1.54) is 17.9 Å². The first-order valence-corrected chi connectivity index (χ1v) is 9.60. The molecule has 1 aromatic heterocycles. The number of morpholine rings is 1. The van der Waals surface area contributed by atoms with Crippen LogP contribution in [-0.4, -0.2) is 60.1 Å². The van der Waals surface area contributed by atoms with Gasteiger partial charge in [0.05, 0.1) is 26.4 Å². The van der Waals surface area contributed by atoms with E-state index >= 15 is 0 Å². The largest absolute Gasteiger partial charge is 0.497 e. The normalized spacial score (nSPS) is 20.2. The predicted molar refractivity (Wildman–Crippen MR) is 108 cm³/mol. The van der Waals surface area contributed by atoms with E-state index in [0.717, 1.165) is 5.56 Å². The standard InChI is InChI=1S/C21H27N3O5/c1-13-11-23(12-14(2)29-13)21(26)15(3)24-19(25)10-18(28-5)20(22-24)16-6-8-17(27-4)9-7-16/h6-10,13-15H,11-12H2,1-5H3/t13-,14-,15-/m1/s1. The summed E-state index contributed by atoms with van der Waals surface area (Å²) in [5.74, 6) is 0.900. The third-order valence-electron chi connectivity index (χ3n) is 4.96. The van der Waals surface area contributed by atoms with Crippen LogP contribution in [0.4, 0.5) is 0 Å². The molecule has 2 heterocycles. The van der Waals surface area contributed by atoms with Crippen LogP contribution in [0.15, 0.2) is 35.1 Å². The van der Waals surface area contributed by atoms with Crippen molar-refractivity contribution in [2.24, 2.45) is 0 Å². The van der Waals surface area contributed by atoms with E-state index in [4.69, 9.17) is 14.2 Å². The van der Waals surface area contributed by atoms with Gasteiger partial charge in [-0.25, -0.2) is 4.68 Å². The average Bonchev–Trinajstić information content (AvgIpc) is 2.71. The molecule has 0 radical (unpaired) electrons. The Morgan fingerprint density at radius 1 is 1.14 bits per heavy atom. The molecule has 1 aromatic carbocycles. The first-order chi connectivity index (χ1) is 13.8. The molecule has 1 saturated heterocycles. The first kappa shape index (κ1) is 20.9. The lowest BCUT2D eigenvalue weighted by atomic mass is 10.1. The summed E-state index contributed by atoms with van der Waals surface area (Å²) in [7, 11) is 3.08. The van der Waals surface area contributed by atoms with E-state index < -0.39 is 11.6 Å². The molecule has 3 rings (SSSR count). The van der Waals surface area contributed by atoms with Crippen molar-refractivity contribution in [3.63, 3.8) is 0 Å². The van der Waals surface area contributed by atoms with Gasteiger partial charge in [-0.2, -0.15) is 5.10 Å². The van der Waals surface area contributed by atoms with E-state index in [-0.39, 0.29) is 18.1 Å². The maximum Gasteiger partial charge on any atom is 0.271 e. The number of methoxy groups -OCH3 is 2. The number of amides is 1. The van der Waals surface area contributed by atoms with Gasteiger partial charge in [0.1, 0.15) is 17.5 Å². The highest BCUT2D eigenvalue weighted by molar-refractivity contribution is 5.80. The highest BCUT2D eigenvalue weighted by atomic mass is 16.5. The minimum Gasteiger partial charge on any atom is -0.497 e. The Morgan fingerprint density at radius 2 is 1.76 bits per heavy atom. The second-order valence-electron chi connectivity index (χ2n) is 7.25. The van der Waals surface area contributed by atoms with Crippen LogP contribution in [0, 0.1) is 0 Å². The summed E-state index contributed by atoms with van der Waals surface area (Å²) >= 11 is 0. The minimum absolute atomic E-state index is 0.0506. The predicted octanol–water partition coefficient (Wildman–Crippen LogP) is 2.12. The van der Waals surface area contributed by atoms with Crippen molar-refractivity contribution in [2.75, 3.05) is 27.3 Å². The molecule has 0 saturated carbocycles. The lowest BCUT2D eigenvalue weighted by Gasteiger charge is -2.36. The summed E-state index contributed by atoms with van der Waals surface area (Å²) in [6.07, 6.45) is -0.101. The number of hydrogen-bond acceptors (Lipinski definition) is 6. The van der Waals surface area contributed by atoms with Crippen LogP contribution in [0.1, 0.15) is 26.8 Å². The fraction of sp³-hybridized carbons (Fsp3) is 0.476. The molecule has 0 bridgehead atoms. The monoisotopic (exact) mass is 401 g/mol. The molecule has 8 heteroatoms. The van der Waals surface area contributed by atoms with Crippen LogP contribution in [0.2, 0.25) is 0 Å². The van der Waals surface area contributed by atoms with Crippen molar-refractivity contribution in [3.05, 3.63) is 40.7 Å². The zero-order valence-corrected chi connectivity index (χ0v) is 17.4. The molecule has 29 heavy (non-hydrogen) atoms. The number of carbonyl (C=O) groups excluding carboxylic acids is 1. The fourth-order valence-corrected chi connectivity index (χ4v) is 3.56. The second-order valence-corrected chi connectivity index (χ2v) is 7.25. The molecular formula is C21H27N3O5. The summed E-state index contributed by atoms with van der Waals surface area (Å²) in [6, 6.07) is 7.88. The van der Waals surface area contributed by atoms with Crippen molar-refractivity contribution in [3.8, 4) is 22.8 Å². The highest BCUT2D eigenvalue weighted by Gasteiger charge is 2.30. The van der Waals surface area contributed by atoms with Gasteiger partial charge in [0.25, 0.3) is 5.56 Å². The number of ether oxygens (including phenoxy) is 3. The van der Waals surface area contributed by atoms with Crippen LogP contribution < -0.4 is 15.0 Å². The van der Waals surface area contributed by atoms with Crippen LogP contribution in [0.25, 0.3) is 11.3 Å². The van der Waals surface area contributed by atoms with Gasteiger partial charge in [-0.15, -0.1) is 0 Å². The second kappa shape index (κ2) is 8.65. The zero-order valence-electron chi connectivity index (χ0n) is 17.4. The van der Waals surface area contributed by atoms with Crippen molar-refractivity contribution >= 4 is 5.91 Å². The number of hydrogen-bond donors (Lipinski definition) is 0. The smallest absolute Gasteiger partial charge is 0.271 e. The van der Waals surface area contributed by atoms with E-state index in [2.05, 4.69) is 5.10 Å². The summed E-state index contributed by atoms with van der Waals surface area (Å²) < 4.78 is 17.5. The molecule has 0 N–H and O–H groups in total. The number of aromatic nitrogens is 2. The molecule has 0 unspecified atom stereocenters. The Bertz CT molecular complexity index is 915. The van der Waals surface area contributed by atoms with Gasteiger partial charge >= 0.3 is 0 Å². The van der Waals surface area contributed by atoms with Gasteiger partial charge in [-0.1, -0.05) is 0 Å². The third kappa shape index (κ3) is 4.42. The van der Waals surface area contributed by atoms with Gasteiger partial charge in [0, 0.05) is 24.7 Å². The average molecular weight is 401 g/mol. The third-order valence-corrected chi connectivity index (χ3v) is 4.96. The zero-order chi connectivity index (χ0) is 21.1. The molecule has 1 amide bonds. The molecule has 0 aliphatic carbocycles. The number of carbonyl (C=O) groups is 1. The molecule has 0 spiro atoms. The van der Waals surface area contributed by atoms with Crippen LogP contribution in [0.3, 0.4) is 0 Å². The number of nitrogens with zero attached hydrogens (tertiary/aromatic N) is 3. The van der Waals surface area contributed by atoms with Gasteiger partial charge in [0.15, 0.2) is 5.75 Å². The Kier molecular flexibility index (Phi) is 6.22. The Morgan fingerprint density at radius 3 is 2.31 bits per heavy atom. The van der Waals surface area contributed by atoms with Crippen molar-refractivity contribution in [2.45, 2.75) is 39.0 Å². The number of benzene rings is 1. The van der Waals surface area contributed by atoms with Crippen molar-refractivity contribution < 1.29 is 19.0 Å². The fourth-order valence-electron chi connectivity index (χ4n) is 3.56. The number of rotatable bonds is 5. The Balaban J connectivity index is 1.96. The summed E-state index contributed by atoms with van der Waals surface area (Å²) in [5, 5.41) is 4.48. The lowest BCUT2D eigenvalue weighted by Crippen LogP contribution is -2.50. The van der Waals surface area contributed by atoms with Gasteiger partial charge < -0.3 is 19.1 Å². The van der Waals surface area contributed by atoms with Crippen LogP contribution in [-0.2, 0) is 9.53 Å². The summed E-state index contributed by atoms with van der Waals surface area (Å²) in [5.41, 5.74) is 0.845. The van der Waals surface area contributed by atoms with Gasteiger partial charge in [0.2, 0.25) is 5.91 Å². The minimum atomic E-state index is -0.747. The summed E-state index contributed by atoms with van der Waals surface area (Å²) in [4.78, 5) is 27.4. The van der Waals surface area contributed by atoms with E-state index in [1.54, 1.807) is 31.1 Å². The lowest BCUT2D eigenvalue weighted by molar-refractivity contribution is -0.146. The maximum atomic E-state index is 13.1. The van der Waals surface area contributed by atoms with E-state index in [1.807, 2.05) is 26.0 Å². The topological polar surface area (TPSA) is 82.9 Å². The molecule has 1 aliphatic rings. The molecule has 8 nitrogen and oxygen atoms in total. The van der Waals surface area contributed by atoms with Crippen molar-refractivity contribution in [1.82, 2.24) is 14.7 Å². The van der Waals surface area contributed by atoms with Crippen LogP contribution >= 0.6 is 0 Å².